The second-order valence-electron chi connectivity index (χ2n) is 7.29. The van der Waals surface area contributed by atoms with Gasteiger partial charge in [-0.15, -0.1) is 0 Å². The van der Waals surface area contributed by atoms with Crippen LogP contribution in [0, 0.1) is 5.82 Å². The molecule has 2 amide bonds. The van der Waals surface area contributed by atoms with Crippen molar-refractivity contribution in [3.05, 3.63) is 29.6 Å². The first-order valence-electron chi connectivity index (χ1n) is 8.89. The molecule has 1 fully saturated rings. The van der Waals surface area contributed by atoms with Gasteiger partial charge in [0.05, 0.1) is 30.9 Å². The molecule has 0 saturated carbocycles. The Morgan fingerprint density at radius 1 is 1.30 bits per heavy atom. The number of para-hydroxylation sites is 1. The van der Waals surface area contributed by atoms with Gasteiger partial charge in [0, 0.05) is 13.7 Å². The number of hydrogen-bond donors (Lipinski definition) is 1. The summed E-state index contributed by atoms with van der Waals surface area (Å²) in [5, 5.41) is 2.81. The Labute approximate surface area is 158 Å². The zero-order valence-corrected chi connectivity index (χ0v) is 16.4. The van der Waals surface area contributed by atoms with E-state index in [1.807, 2.05) is 0 Å². The fourth-order valence-corrected chi connectivity index (χ4v) is 2.85. The van der Waals surface area contributed by atoms with Crippen molar-refractivity contribution in [2.45, 2.75) is 45.4 Å². The average Bonchev–Trinajstić information content (AvgIpc) is 2.98. The van der Waals surface area contributed by atoms with Crippen LogP contribution in [0.4, 0.5) is 9.18 Å². The van der Waals surface area contributed by atoms with Crippen LogP contribution in [0.5, 0.6) is 5.75 Å². The monoisotopic (exact) mass is 382 g/mol. The van der Waals surface area contributed by atoms with Gasteiger partial charge in [0.25, 0.3) is 5.91 Å². The van der Waals surface area contributed by atoms with Crippen LogP contribution in [0.15, 0.2) is 18.2 Å². The highest BCUT2D eigenvalue weighted by atomic mass is 19.1. The smallest absolute Gasteiger partial charge is 0.410 e. The maximum atomic E-state index is 14.0. The quantitative estimate of drug-likeness (QED) is 0.847. The average molecular weight is 382 g/mol. The molecular weight excluding hydrogens is 355 g/mol. The largest absolute Gasteiger partial charge is 0.490 e. The Kier molecular flexibility index (Phi) is 6.64. The van der Waals surface area contributed by atoms with Crippen LogP contribution >= 0.6 is 0 Å². The number of nitrogens with zero attached hydrogens (tertiary/aromatic N) is 1. The normalized spacial score (nSPS) is 19.7. The van der Waals surface area contributed by atoms with Gasteiger partial charge in [0.15, 0.2) is 11.6 Å². The van der Waals surface area contributed by atoms with E-state index in [4.69, 9.17) is 14.2 Å². The van der Waals surface area contributed by atoms with Crippen molar-refractivity contribution >= 4 is 12.0 Å². The fraction of sp³-hybridized carbons (Fsp3) is 0.579. The standard InChI is InChI=1S/C19H27FN2O5/c1-6-26-16-12(8-7-9-13(16)20)17(23)21-14-10-22(11-15(14)25-5)18(24)27-19(2,3)4/h7-9,14-15H,6,10-11H2,1-5H3,(H,21,23). The third-order valence-electron chi connectivity index (χ3n) is 4.04. The van der Waals surface area contributed by atoms with Crippen LogP contribution < -0.4 is 10.1 Å². The van der Waals surface area contributed by atoms with Crippen LogP contribution in [0.3, 0.4) is 0 Å². The van der Waals surface area contributed by atoms with Gasteiger partial charge in [-0.2, -0.15) is 0 Å². The lowest BCUT2D eigenvalue weighted by molar-refractivity contribution is 0.0252. The van der Waals surface area contributed by atoms with E-state index in [-0.39, 0.29) is 31.0 Å². The van der Waals surface area contributed by atoms with Crippen LogP contribution in [-0.4, -0.2) is 61.5 Å². The highest BCUT2D eigenvalue weighted by Crippen LogP contribution is 2.24. The Balaban J connectivity index is 2.11. The lowest BCUT2D eigenvalue weighted by Crippen LogP contribution is -2.44. The number of carbonyl (C=O) groups excluding carboxylic acids is 2. The summed E-state index contributed by atoms with van der Waals surface area (Å²) in [6, 6.07) is 3.72. The molecule has 0 radical (unpaired) electrons. The van der Waals surface area contributed by atoms with E-state index >= 15 is 0 Å². The zero-order valence-electron chi connectivity index (χ0n) is 16.4. The molecule has 1 saturated heterocycles. The molecule has 1 N–H and O–H groups in total. The first-order valence-corrected chi connectivity index (χ1v) is 8.89. The van der Waals surface area contributed by atoms with Crippen LogP contribution in [0.2, 0.25) is 0 Å². The summed E-state index contributed by atoms with van der Waals surface area (Å²) < 4.78 is 30.0. The summed E-state index contributed by atoms with van der Waals surface area (Å²) >= 11 is 0. The number of carbonyl (C=O) groups is 2. The van der Waals surface area contributed by atoms with Gasteiger partial charge in [-0.3, -0.25) is 4.79 Å². The minimum Gasteiger partial charge on any atom is -0.490 e. The molecule has 1 aromatic carbocycles. The molecule has 27 heavy (non-hydrogen) atoms. The van der Waals surface area contributed by atoms with Crippen molar-refractivity contribution in [3.8, 4) is 5.75 Å². The Hall–Kier alpha value is -2.35. The van der Waals surface area contributed by atoms with Gasteiger partial charge in [-0.25, -0.2) is 9.18 Å². The summed E-state index contributed by atoms with van der Waals surface area (Å²) in [5.41, 5.74) is -0.517. The maximum Gasteiger partial charge on any atom is 0.410 e. The number of rotatable bonds is 5. The highest BCUT2D eigenvalue weighted by molar-refractivity contribution is 5.97. The Bertz CT molecular complexity index is 689. The van der Waals surface area contributed by atoms with E-state index in [9.17, 15) is 14.0 Å². The molecule has 8 heteroatoms. The van der Waals surface area contributed by atoms with Crippen molar-refractivity contribution < 1.29 is 28.2 Å². The summed E-state index contributed by atoms with van der Waals surface area (Å²) in [5.74, 6) is -1.18. The van der Waals surface area contributed by atoms with Crippen LogP contribution in [0.25, 0.3) is 0 Å². The zero-order chi connectivity index (χ0) is 20.2. The molecule has 2 atom stereocenters. The SMILES string of the molecule is CCOc1c(F)cccc1C(=O)NC1CN(C(=O)OC(C)(C)C)CC1OC. The highest BCUT2D eigenvalue weighted by Gasteiger charge is 2.38. The van der Waals surface area contributed by atoms with Crippen LogP contribution in [0.1, 0.15) is 38.1 Å². The molecule has 2 rings (SSSR count). The predicted octanol–water partition coefficient (Wildman–Crippen LogP) is 2.59. The van der Waals surface area contributed by atoms with Crippen molar-refractivity contribution in [1.82, 2.24) is 10.2 Å². The molecule has 0 aliphatic carbocycles. The third kappa shape index (κ3) is 5.32. The number of halogens is 1. The first-order chi connectivity index (χ1) is 12.7. The van der Waals surface area contributed by atoms with Crippen molar-refractivity contribution in [2.75, 3.05) is 26.8 Å². The molecule has 0 aromatic heterocycles. The topological polar surface area (TPSA) is 77.1 Å². The van der Waals surface area contributed by atoms with Crippen molar-refractivity contribution in [3.63, 3.8) is 0 Å². The lowest BCUT2D eigenvalue weighted by atomic mass is 10.1. The predicted molar refractivity (Wildman–Crippen MR) is 97.4 cm³/mol. The Morgan fingerprint density at radius 3 is 2.59 bits per heavy atom. The van der Waals surface area contributed by atoms with E-state index in [0.29, 0.717) is 0 Å². The van der Waals surface area contributed by atoms with Gasteiger partial charge < -0.3 is 24.4 Å². The van der Waals surface area contributed by atoms with Gasteiger partial charge in [0.1, 0.15) is 5.60 Å². The van der Waals surface area contributed by atoms with Crippen molar-refractivity contribution in [2.24, 2.45) is 0 Å². The van der Waals surface area contributed by atoms with Gasteiger partial charge in [-0.05, 0) is 39.8 Å². The molecule has 1 aliphatic heterocycles. The molecule has 2 unspecified atom stereocenters. The number of likely N-dealkylation sites (tertiary alicyclic amines) is 1. The minimum atomic E-state index is -0.616. The number of amides is 2. The van der Waals surface area contributed by atoms with Gasteiger partial charge in [0.2, 0.25) is 0 Å². The number of methoxy groups -OCH3 is 1. The van der Waals surface area contributed by atoms with Gasteiger partial charge in [-0.1, -0.05) is 6.07 Å². The second kappa shape index (κ2) is 8.56. The number of ether oxygens (including phenoxy) is 3. The number of nitrogens with one attached hydrogen (secondary N) is 1. The van der Waals surface area contributed by atoms with E-state index in [0.717, 1.165) is 0 Å². The maximum absolute atomic E-state index is 14.0. The second-order valence-corrected chi connectivity index (χ2v) is 7.29. The minimum absolute atomic E-state index is 0.0894. The molecule has 1 heterocycles. The summed E-state index contributed by atoms with van der Waals surface area (Å²) in [6.45, 7) is 7.83. The lowest BCUT2D eigenvalue weighted by Gasteiger charge is -2.24. The molecule has 150 valence electrons. The summed E-state index contributed by atoms with van der Waals surface area (Å²) in [7, 11) is 1.51. The van der Waals surface area contributed by atoms with E-state index < -0.39 is 35.6 Å². The van der Waals surface area contributed by atoms with Crippen LogP contribution in [-0.2, 0) is 9.47 Å². The fourth-order valence-electron chi connectivity index (χ4n) is 2.85. The molecule has 0 spiro atoms. The van der Waals surface area contributed by atoms with Gasteiger partial charge >= 0.3 is 6.09 Å². The third-order valence-corrected chi connectivity index (χ3v) is 4.04. The first kappa shape index (κ1) is 21.0. The molecule has 7 nitrogen and oxygen atoms in total. The van der Waals surface area contributed by atoms with E-state index in [1.165, 1.54) is 30.2 Å². The summed E-state index contributed by atoms with van der Waals surface area (Å²) in [4.78, 5) is 26.4. The molecule has 1 aromatic rings. The van der Waals surface area contributed by atoms with E-state index in [2.05, 4.69) is 5.32 Å². The number of hydrogen-bond acceptors (Lipinski definition) is 5. The van der Waals surface area contributed by atoms with Crippen molar-refractivity contribution in [1.29, 1.82) is 0 Å². The molecular formula is C19H27FN2O5. The number of benzene rings is 1. The Morgan fingerprint density at radius 2 is 2.00 bits per heavy atom. The summed E-state index contributed by atoms with van der Waals surface area (Å²) in [6.07, 6.45) is -0.868. The molecule has 1 aliphatic rings. The van der Waals surface area contributed by atoms with E-state index in [1.54, 1.807) is 27.7 Å². The molecule has 0 bridgehead atoms.